The molecule has 6 aromatic rings. The Morgan fingerprint density at radius 1 is 0.641 bits per heavy atom. The van der Waals surface area contributed by atoms with Crippen LogP contribution < -0.4 is 0 Å². The Morgan fingerprint density at radius 3 is 1.38 bits per heavy atom. The van der Waals surface area contributed by atoms with Crippen LogP contribution in [-0.2, 0) is 78.4 Å². The second-order valence-corrected chi connectivity index (χ2v) is 18.3. The van der Waals surface area contributed by atoms with E-state index in [1.807, 2.05) is 0 Å². The van der Waals surface area contributed by atoms with E-state index in [2.05, 4.69) is 20.4 Å². The number of amides is 2. The third kappa shape index (κ3) is 9.37. The average Bonchev–Trinajstić information content (AvgIpc) is 4.14. The third-order valence-corrected chi connectivity index (χ3v) is 13.6. The van der Waals surface area contributed by atoms with Crippen LogP contribution in [0.5, 0.6) is 0 Å². The van der Waals surface area contributed by atoms with Gasteiger partial charge in [-0.05, 0) is 12.1 Å². The summed E-state index contributed by atoms with van der Waals surface area (Å²) in [6, 6.07) is 11.6. The Bertz CT molecular complexity index is 2620. The van der Waals surface area contributed by atoms with Crippen molar-refractivity contribution in [2.24, 2.45) is 0 Å². The molecule has 0 bridgehead atoms. The van der Waals surface area contributed by atoms with Crippen molar-refractivity contribution in [3.63, 3.8) is 0 Å². The van der Waals surface area contributed by atoms with Crippen molar-refractivity contribution in [3.05, 3.63) is 131 Å². The number of ether oxygens (including phenoxy) is 2. The molecule has 0 aliphatic carbocycles. The zero-order valence-corrected chi connectivity index (χ0v) is 36.1. The van der Waals surface area contributed by atoms with Crippen LogP contribution in [0.3, 0.4) is 0 Å². The summed E-state index contributed by atoms with van der Waals surface area (Å²) in [5.41, 5.74) is 2.22. The first-order valence-electron chi connectivity index (χ1n) is 19.7. The van der Waals surface area contributed by atoms with Gasteiger partial charge in [-0.25, -0.2) is 8.78 Å². The molecule has 0 radical (unpaired) electrons. The van der Waals surface area contributed by atoms with Gasteiger partial charge < -0.3 is 29.5 Å². The van der Waals surface area contributed by atoms with Crippen LogP contribution in [-0.4, -0.2) is 127 Å². The molecule has 0 fully saturated rings. The zero-order valence-electron chi connectivity index (χ0n) is 34.5. The summed E-state index contributed by atoms with van der Waals surface area (Å²) < 4.78 is 94.3. The minimum absolute atomic E-state index is 0.0115. The fraction of sp³-hybridized carbons (Fsp3) is 0.350. The topological polar surface area (TPSA) is 239 Å². The van der Waals surface area contributed by atoms with Crippen molar-refractivity contribution in [1.82, 2.24) is 47.7 Å². The SMILES string of the molecule is COCCn1cc(S(=O)(=O)n2cc3c(n2)CN(C(=O)[C@@H](CO)c2ccccc2F)C3)cn1.COCCn1cc(S(=O)(=O)n2cc3c(n2)CN(C(=O)[C@H](CO)c2ccccc2F)C3)cn1. The lowest BCUT2D eigenvalue weighted by molar-refractivity contribution is -0.135. The lowest BCUT2D eigenvalue weighted by atomic mass is 9.98. The Labute approximate surface area is 365 Å². The van der Waals surface area contributed by atoms with Gasteiger partial charge in [-0.3, -0.25) is 19.0 Å². The fourth-order valence-corrected chi connectivity index (χ4v) is 9.42. The number of benzene rings is 2. The van der Waals surface area contributed by atoms with Gasteiger partial charge in [0.25, 0.3) is 20.0 Å². The van der Waals surface area contributed by atoms with E-state index in [9.17, 15) is 45.4 Å². The number of nitrogens with zero attached hydrogens (tertiary/aromatic N) is 10. The Kier molecular flexibility index (Phi) is 13.8. The smallest absolute Gasteiger partial charge is 0.286 e. The van der Waals surface area contributed by atoms with Gasteiger partial charge in [-0.2, -0.15) is 45.4 Å². The number of carbonyl (C=O) groups excluding carboxylic acids is 2. The molecular formula is C40H44F2N10O10S2. The largest absolute Gasteiger partial charge is 0.395 e. The quantitative estimate of drug-likeness (QED) is 0.140. The van der Waals surface area contributed by atoms with Gasteiger partial charge >= 0.3 is 0 Å². The molecule has 0 unspecified atom stereocenters. The summed E-state index contributed by atoms with van der Waals surface area (Å²) in [5, 5.41) is 35.8. The van der Waals surface area contributed by atoms with E-state index in [1.165, 1.54) is 92.7 Å². The number of methoxy groups -OCH3 is 2. The lowest BCUT2D eigenvalue weighted by Gasteiger charge is -2.22. The number of aliphatic hydroxyl groups excluding tert-OH is 2. The summed E-state index contributed by atoms with van der Waals surface area (Å²) in [6.45, 7) is 0.864. The van der Waals surface area contributed by atoms with E-state index in [0.29, 0.717) is 48.8 Å². The maximum absolute atomic E-state index is 14.1. The van der Waals surface area contributed by atoms with Crippen molar-refractivity contribution < 1.29 is 54.9 Å². The maximum atomic E-state index is 14.1. The molecule has 20 nitrogen and oxygen atoms in total. The summed E-state index contributed by atoms with van der Waals surface area (Å²) >= 11 is 0. The van der Waals surface area contributed by atoms with Gasteiger partial charge in [0.05, 0.1) is 88.2 Å². The van der Waals surface area contributed by atoms with Crippen molar-refractivity contribution in [1.29, 1.82) is 0 Å². The lowest BCUT2D eigenvalue weighted by Crippen LogP contribution is -2.33. The van der Waals surface area contributed by atoms with Gasteiger partial charge in [0, 0.05) is 74.4 Å². The second-order valence-electron chi connectivity index (χ2n) is 14.7. The molecule has 2 aromatic carbocycles. The van der Waals surface area contributed by atoms with Crippen molar-refractivity contribution in [2.45, 2.75) is 60.9 Å². The molecule has 4 aromatic heterocycles. The number of aliphatic hydroxyl groups is 2. The predicted octanol–water partition coefficient (Wildman–Crippen LogP) is 1.44. The fourth-order valence-electron chi connectivity index (χ4n) is 7.17. The molecule has 64 heavy (non-hydrogen) atoms. The van der Waals surface area contributed by atoms with E-state index in [1.54, 1.807) is 26.4 Å². The van der Waals surface area contributed by atoms with Gasteiger partial charge in [0.2, 0.25) is 11.8 Å². The Balaban J connectivity index is 0.000000191. The highest BCUT2D eigenvalue weighted by molar-refractivity contribution is 7.90. The van der Waals surface area contributed by atoms with Gasteiger partial charge in [0.1, 0.15) is 21.4 Å². The molecule has 2 aliphatic heterocycles. The number of rotatable bonds is 16. The molecule has 2 atom stereocenters. The monoisotopic (exact) mass is 926 g/mol. The molecule has 2 amide bonds. The minimum atomic E-state index is -3.94. The van der Waals surface area contributed by atoms with Gasteiger partial charge in [-0.15, -0.1) is 0 Å². The summed E-state index contributed by atoms with van der Waals surface area (Å²) in [7, 11) is -4.80. The number of hydrogen-bond donors (Lipinski definition) is 2. The molecule has 0 saturated heterocycles. The zero-order chi connectivity index (χ0) is 45.8. The number of hydrogen-bond acceptors (Lipinski definition) is 14. The molecule has 2 N–H and O–H groups in total. The van der Waals surface area contributed by atoms with E-state index >= 15 is 0 Å². The van der Waals surface area contributed by atoms with Gasteiger partial charge in [0.15, 0.2) is 0 Å². The summed E-state index contributed by atoms with van der Waals surface area (Å²) in [6.07, 6.45) is 8.01. The maximum Gasteiger partial charge on any atom is 0.286 e. The van der Waals surface area contributed by atoms with Crippen molar-refractivity contribution in [3.8, 4) is 0 Å². The predicted molar refractivity (Wildman–Crippen MR) is 219 cm³/mol. The van der Waals surface area contributed by atoms with E-state index in [4.69, 9.17) is 9.47 Å². The third-order valence-electron chi connectivity index (χ3n) is 10.6. The normalized spacial score (nSPS) is 14.5. The molecule has 24 heteroatoms. The van der Waals surface area contributed by atoms with E-state index in [-0.39, 0.29) is 47.1 Å². The molecule has 0 spiro atoms. The standard InChI is InChI=1S/2C20H22FN5O5S/c2*1-31-7-6-25-11-15(8-22-25)32(29,30)26-10-14-9-24(12-19(14)23-26)20(28)17(13-27)16-4-2-3-5-18(16)21/h2*2-5,8,10-11,17,27H,6-7,9,12-13H2,1H3/t2*17-/m10/s1. The molecular weight excluding hydrogens is 883 g/mol. The first kappa shape index (κ1) is 45.8. The Hall–Kier alpha value is -6.18. The summed E-state index contributed by atoms with van der Waals surface area (Å²) in [4.78, 5) is 28.6. The molecule has 340 valence electrons. The summed E-state index contributed by atoms with van der Waals surface area (Å²) in [5.74, 6) is -4.14. The molecule has 2 aliphatic rings. The van der Waals surface area contributed by atoms with Crippen LogP contribution in [0.15, 0.2) is 95.5 Å². The van der Waals surface area contributed by atoms with Crippen molar-refractivity contribution in [2.75, 3.05) is 40.6 Å². The molecule has 8 rings (SSSR count). The number of fused-ring (bicyclic) bond motifs is 2. The first-order valence-corrected chi connectivity index (χ1v) is 22.5. The van der Waals surface area contributed by atoms with Crippen molar-refractivity contribution >= 4 is 31.9 Å². The van der Waals surface area contributed by atoms with E-state index in [0.717, 1.165) is 8.17 Å². The van der Waals surface area contributed by atoms with Crippen LogP contribution in [0.25, 0.3) is 0 Å². The second kappa shape index (κ2) is 19.3. The minimum Gasteiger partial charge on any atom is -0.395 e. The highest BCUT2D eigenvalue weighted by Crippen LogP contribution is 2.30. The average molecular weight is 927 g/mol. The van der Waals surface area contributed by atoms with Crippen LogP contribution in [0.1, 0.15) is 45.5 Å². The van der Waals surface area contributed by atoms with Crippen LogP contribution in [0.2, 0.25) is 0 Å². The highest BCUT2D eigenvalue weighted by Gasteiger charge is 2.36. The first-order chi connectivity index (χ1) is 30.7. The van der Waals surface area contributed by atoms with Crippen LogP contribution in [0.4, 0.5) is 8.78 Å². The van der Waals surface area contributed by atoms with Crippen LogP contribution in [0, 0.1) is 11.6 Å². The highest BCUT2D eigenvalue weighted by atomic mass is 32.2. The number of halogens is 2. The van der Waals surface area contributed by atoms with E-state index < -0.39 is 68.5 Å². The number of aromatic nitrogens is 8. The number of carbonyl (C=O) groups is 2. The molecule has 6 heterocycles. The Morgan fingerprint density at radius 2 is 1.03 bits per heavy atom. The van der Waals surface area contributed by atoms with Gasteiger partial charge in [-0.1, -0.05) is 36.4 Å². The van der Waals surface area contributed by atoms with Crippen LogP contribution >= 0.6 is 0 Å². The molecule has 0 saturated carbocycles.